The van der Waals surface area contributed by atoms with Crippen LogP contribution in [0.4, 0.5) is 0 Å². The fourth-order valence-corrected chi connectivity index (χ4v) is 1.39. The maximum absolute atomic E-state index is 9.67. The summed E-state index contributed by atoms with van der Waals surface area (Å²) in [6.07, 6.45) is 3.33. The molecule has 0 aliphatic rings. The molecule has 0 saturated carbocycles. The number of phenols is 1. The van der Waals surface area contributed by atoms with E-state index in [1.807, 2.05) is 31.2 Å². The maximum atomic E-state index is 9.67. The number of phenolic OH excluding ortho intramolecular Hbond substituents is 1. The zero-order valence-corrected chi connectivity index (χ0v) is 9.05. The van der Waals surface area contributed by atoms with Crippen LogP contribution in [-0.2, 0) is 6.61 Å². The molecule has 0 aliphatic carbocycles. The fourth-order valence-electron chi connectivity index (χ4n) is 1.39. The van der Waals surface area contributed by atoms with Crippen LogP contribution >= 0.6 is 0 Å². The lowest BCUT2D eigenvalue weighted by Gasteiger charge is -2.07. The first-order valence-electron chi connectivity index (χ1n) is 5.07. The third-order valence-electron chi connectivity index (χ3n) is 2.27. The molecule has 1 N–H and O–H groups in total. The number of aromatic hydroxyl groups is 1. The number of benzene rings is 1. The highest BCUT2D eigenvalue weighted by molar-refractivity contribution is 5.35. The van der Waals surface area contributed by atoms with Gasteiger partial charge in [0, 0.05) is 11.8 Å². The fraction of sp³-hybridized carbons (Fsp3) is 0.154. The Kier molecular flexibility index (Phi) is 3.05. The van der Waals surface area contributed by atoms with Gasteiger partial charge in [0.1, 0.15) is 18.1 Å². The van der Waals surface area contributed by atoms with Gasteiger partial charge >= 0.3 is 0 Å². The van der Waals surface area contributed by atoms with E-state index in [2.05, 4.69) is 4.98 Å². The van der Waals surface area contributed by atoms with Gasteiger partial charge in [-0.25, -0.2) is 0 Å². The Morgan fingerprint density at radius 1 is 1.31 bits per heavy atom. The lowest BCUT2D eigenvalue weighted by molar-refractivity contribution is 0.298. The minimum Gasteiger partial charge on any atom is -0.508 e. The smallest absolute Gasteiger partial charge is 0.138 e. The standard InChI is InChI=1S/C13H13NO2/c1-10-4-5-11(13(15)7-10)9-16-12-3-2-6-14-8-12/h2-8,15H,9H2,1H3. The number of hydrogen-bond acceptors (Lipinski definition) is 3. The van der Waals surface area contributed by atoms with Crippen LogP contribution in [-0.4, -0.2) is 10.1 Å². The number of ether oxygens (including phenoxy) is 1. The highest BCUT2D eigenvalue weighted by Crippen LogP contribution is 2.20. The first-order valence-corrected chi connectivity index (χ1v) is 5.07. The summed E-state index contributed by atoms with van der Waals surface area (Å²) in [4.78, 5) is 3.95. The van der Waals surface area contributed by atoms with Crippen LogP contribution in [0.1, 0.15) is 11.1 Å². The van der Waals surface area contributed by atoms with E-state index in [9.17, 15) is 5.11 Å². The van der Waals surface area contributed by atoms with E-state index >= 15 is 0 Å². The normalized spacial score (nSPS) is 10.1. The van der Waals surface area contributed by atoms with Crippen LogP contribution < -0.4 is 4.74 Å². The zero-order valence-electron chi connectivity index (χ0n) is 9.05. The Labute approximate surface area is 94.3 Å². The number of pyridine rings is 1. The Bertz CT molecular complexity index is 469. The predicted octanol–water partition coefficient (Wildman–Crippen LogP) is 2.67. The van der Waals surface area contributed by atoms with Crippen LogP contribution in [0.15, 0.2) is 42.7 Å². The van der Waals surface area contributed by atoms with E-state index in [0.29, 0.717) is 12.4 Å². The van der Waals surface area contributed by atoms with Crippen LogP contribution in [0, 0.1) is 6.92 Å². The average Bonchev–Trinajstić information content (AvgIpc) is 2.29. The van der Waals surface area contributed by atoms with Crippen molar-refractivity contribution in [3.05, 3.63) is 53.9 Å². The summed E-state index contributed by atoms with van der Waals surface area (Å²) >= 11 is 0. The Morgan fingerprint density at radius 3 is 2.88 bits per heavy atom. The van der Waals surface area contributed by atoms with Crippen molar-refractivity contribution in [1.82, 2.24) is 4.98 Å². The molecule has 1 aromatic heterocycles. The molecule has 2 aromatic rings. The molecular weight excluding hydrogens is 202 g/mol. The lowest BCUT2D eigenvalue weighted by Crippen LogP contribution is -1.96. The average molecular weight is 215 g/mol. The van der Waals surface area contributed by atoms with Crippen LogP contribution in [0.3, 0.4) is 0 Å². The van der Waals surface area contributed by atoms with E-state index in [-0.39, 0.29) is 5.75 Å². The van der Waals surface area contributed by atoms with Gasteiger partial charge in [-0.3, -0.25) is 4.98 Å². The summed E-state index contributed by atoms with van der Waals surface area (Å²) in [6, 6.07) is 9.17. The first-order chi connectivity index (χ1) is 7.75. The van der Waals surface area contributed by atoms with Gasteiger partial charge in [0.25, 0.3) is 0 Å². The molecule has 3 nitrogen and oxygen atoms in total. The van der Waals surface area contributed by atoms with Crippen molar-refractivity contribution >= 4 is 0 Å². The van der Waals surface area contributed by atoms with E-state index in [1.165, 1.54) is 0 Å². The number of rotatable bonds is 3. The number of nitrogens with zero attached hydrogens (tertiary/aromatic N) is 1. The molecule has 0 aliphatic heterocycles. The zero-order chi connectivity index (χ0) is 11.4. The number of aryl methyl sites for hydroxylation is 1. The highest BCUT2D eigenvalue weighted by Gasteiger charge is 2.02. The Balaban J connectivity index is 2.05. The third kappa shape index (κ3) is 2.51. The van der Waals surface area contributed by atoms with Gasteiger partial charge in [-0.15, -0.1) is 0 Å². The van der Waals surface area contributed by atoms with E-state index in [0.717, 1.165) is 11.1 Å². The summed E-state index contributed by atoms with van der Waals surface area (Å²) in [6.45, 7) is 2.28. The summed E-state index contributed by atoms with van der Waals surface area (Å²) in [7, 11) is 0. The van der Waals surface area contributed by atoms with Crippen LogP contribution in [0.2, 0.25) is 0 Å². The van der Waals surface area contributed by atoms with E-state index < -0.39 is 0 Å². The Hall–Kier alpha value is -2.03. The molecule has 1 heterocycles. The van der Waals surface area contributed by atoms with Gasteiger partial charge < -0.3 is 9.84 Å². The minimum absolute atomic E-state index is 0.267. The molecular formula is C13H13NO2. The second-order valence-electron chi connectivity index (χ2n) is 3.61. The van der Waals surface area contributed by atoms with Crippen molar-refractivity contribution in [3.8, 4) is 11.5 Å². The highest BCUT2D eigenvalue weighted by atomic mass is 16.5. The monoisotopic (exact) mass is 215 g/mol. The molecule has 82 valence electrons. The summed E-state index contributed by atoms with van der Waals surface area (Å²) in [5.74, 6) is 0.964. The van der Waals surface area contributed by atoms with Crippen molar-refractivity contribution in [2.24, 2.45) is 0 Å². The molecule has 0 unspecified atom stereocenters. The molecule has 0 fully saturated rings. The third-order valence-corrected chi connectivity index (χ3v) is 2.27. The quantitative estimate of drug-likeness (QED) is 0.855. The molecule has 2 rings (SSSR count). The molecule has 0 atom stereocenters. The molecule has 3 heteroatoms. The van der Waals surface area contributed by atoms with E-state index in [4.69, 9.17) is 4.74 Å². The largest absolute Gasteiger partial charge is 0.508 e. The van der Waals surface area contributed by atoms with Crippen molar-refractivity contribution in [1.29, 1.82) is 0 Å². The minimum atomic E-state index is 0.267. The van der Waals surface area contributed by atoms with Gasteiger partial charge in [0.15, 0.2) is 0 Å². The molecule has 0 bridgehead atoms. The molecule has 0 radical (unpaired) electrons. The molecule has 0 saturated heterocycles. The summed E-state index contributed by atoms with van der Waals surface area (Å²) in [5, 5.41) is 9.67. The van der Waals surface area contributed by atoms with Crippen molar-refractivity contribution in [2.75, 3.05) is 0 Å². The van der Waals surface area contributed by atoms with Crippen LogP contribution in [0.25, 0.3) is 0 Å². The van der Waals surface area contributed by atoms with Gasteiger partial charge in [-0.05, 0) is 30.7 Å². The van der Waals surface area contributed by atoms with Gasteiger partial charge in [-0.1, -0.05) is 12.1 Å². The van der Waals surface area contributed by atoms with E-state index in [1.54, 1.807) is 18.5 Å². The van der Waals surface area contributed by atoms with Crippen molar-refractivity contribution < 1.29 is 9.84 Å². The number of hydrogen-bond donors (Lipinski definition) is 1. The van der Waals surface area contributed by atoms with Gasteiger partial charge in [0.2, 0.25) is 0 Å². The lowest BCUT2D eigenvalue weighted by atomic mass is 10.1. The van der Waals surface area contributed by atoms with Crippen LogP contribution in [0.5, 0.6) is 11.5 Å². The SMILES string of the molecule is Cc1ccc(COc2cccnc2)c(O)c1. The maximum Gasteiger partial charge on any atom is 0.138 e. The summed E-state index contributed by atoms with van der Waals surface area (Å²) < 4.78 is 5.49. The second-order valence-corrected chi connectivity index (χ2v) is 3.61. The molecule has 1 aromatic carbocycles. The summed E-state index contributed by atoms with van der Waals surface area (Å²) in [5.41, 5.74) is 1.80. The Morgan fingerprint density at radius 2 is 2.19 bits per heavy atom. The number of aromatic nitrogens is 1. The van der Waals surface area contributed by atoms with Crippen molar-refractivity contribution in [2.45, 2.75) is 13.5 Å². The first kappa shape index (κ1) is 10.5. The van der Waals surface area contributed by atoms with Gasteiger partial charge in [-0.2, -0.15) is 0 Å². The predicted molar refractivity (Wildman–Crippen MR) is 61.4 cm³/mol. The topological polar surface area (TPSA) is 42.4 Å². The molecule has 0 spiro atoms. The molecule has 16 heavy (non-hydrogen) atoms. The molecule has 0 amide bonds. The second kappa shape index (κ2) is 4.66. The van der Waals surface area contributed by atoms with Gasteiger partial charge in [0.05, 0.1) is 6.20 Å². The van der Waals surface area contributed by atoms with Crippen molar-refractivity contribution in [3.63, 3.8) is 0 Å².